The van der Waals surface area contributed by atoms with Crippen molar-refractivity contribution in [1.29, 1.82) is 0 Å². The van der Waals surface area contributed by atoms with Gasteiger partial charge in [-0.2, -0.15) is 0 Å². The molecule has 37 heavy (non-hydrogen) atoms. The minimum atomic E-state index is -1.95. The van der Waals surface area contributed by atoms with E-state index >= 15 is 0 Å². The molecule has 0 spiro atoms. The number of aliphatic hydroxyl groups excluding tert-OH is 1. The highest BCUT2D eigenvalue weighted by molar-refractivity contribution is 6.74. The van der Waals surface area contributed by atoms with E-state index in [-0.39, 0.29) is 40.3 Å². The molecule has 212 valence electrons. The average Bonchev–Trinajstić information content (AvgIpc) is 2.70. The number of allylic oxidation sites excluding steroid dienone is 2. The van der Waals surface area contributed by atoms with Gasteiger partial charge in [-0.05, 0) is 66.5 Å². The van der Waals surface area contributed by atoms with E-state index in [9.17, 15) is 9.90 Å². The van der Waals surface area contributed by atoms with Crippen LogP contribution in [0.15, 0.2) is 23.8 Å². The predicted molar refractivity (Wildman–Crippen MR) is 156 cm³/mol. The highest BCUT2D eigenvalue weighted by Crippen LogP contribution is 2.45. The number of ether oxygens (including phenoxy) is 1. The summed E-state index contributed by atoms with van der Waals surface area (Å²) in [5.41, 5.74) is 1.21. The summed E-state index contributed by atoms with van der Waals surface area (Å²) in [5, 5.41) is 11.6. The molecule has 0 amide bonds. The Morgan fingerprint density at radius 3 is 2.16 bits per heavy atom. The molecule has 1 aliphatic heterocycles. The van der Waals surface area contributed by atoms with E-state index in [0.717, 1.165) is 19.3 Å². The first-order valence-electron chi connectivity index (χ1n) is 14.4. The molecular formula is C30H54O5Si2. The molecule has 7 heteroatoms. The maximum Gasteiger partial charge on any atom is 0.308 e. The van der Waals surface area contributed by atoms with Gasteiger partial charge in [0.1, 0.15) is 6.10 Å². The Balaban J connectivity index is 1.67. The molecule has 1 heterocycles. The summed E-state index contributed by atoms with van der Waals surface area (Å²) in [6.07, 6.45) is 9.65. The first-order chi connectivity index (χ1) is 16.8. The van der Waals surface area contributed by atoms with Crippen LogP contribution in [0.5, 0.6) is 0 Å². The number of esters is 1. The van der Waals surface area contributed by atoms with Crippen LogP contribution in [-0.2, 0) is 18.4 Å². The quantitative estimate of drug-likeness (QED) is 0.265. The number of cyclic esters (lactones) is 1. The van der Waals surface area contributed by atoms with Gasteiger partial charge in [-0.15, -0.1) is 0 Å². The van der Waals surface area contributed by atoms with Crippen LogP contribution in [0.1, 0.15) is 80.6 Å². The summed E-state index contributed by atoms with van der Waals surface area (Å²) in [5.74, 6) is 0.659. The topological polar surface area (TPSA) is 65.0 Å². The van der Waals surface area contributed by atoms with Gasteiger partial charge in [-0.3, -0.25) is 4.79 Å². The number of fused-ring (bicyclic) bond motifs is 1. The third-order valence-corrected chi connectivity index (χ3v) is 19.0. The minimum absolute atomic E-state index is 0.0339. The second-order valence-electron chi connectivity index (χ2n) is 14.9. The molecule has 1 fully saturated rings. The van der Waals surface area contributed by atoms with Crippen molar-refractivity contribution < 1.29 is 23.5 Å². The van der Waals surface area contributed by atoms with E-state index < -0.39 is 22.7 Å². The molecule has 5 nitrogen and oxygen atoms in total. The van der Waals surface area contributed by atoms with Crippen LogP contribution in [0, 0.1) is 17.8 Å². The van der Waals surface area contributed by atoms with Crippen molar-refractivity contribution >= 4 is 22.6 Å². The normalized spacial score (nSPS) is 33.6. The molecule has 7 atom stereocenters. The maximum atomic E-state index is 12.5. The lowest BCUT2D eigenvalue weighted by Crippen LogP contribution is -2.48. The fraction of sp³-hybridized carbons (Fsp3) is 0.833. The summed E-state index contributed by atoms with van der Waals surface area (Å²) in [4.78, 5) is 12.5. The van der Waals surface area contributed by atoms with Crippen LogP contribution in [0.2, 0.25) is 36.3 Å². The van der Waals surface area contributed by atoms with E-state index in [4.69, 9.17) is 13.6 Å². The van der Waals surface area contributed by atoms with Gasteiger partial charge in [0, 0.05) is 18.8 Å². The second kappa shape index (κ2) is 11.0. The summed E-state index contributed by atoms with van der Waals surface area (Å²) >= 11 is 0. The van der Waals surface area contributed by atoms with Crippen LogP contribution >= 0.6 is 0 Å². The summed E-state index contributed by atoms with van der Waals surface area (Å²) in [7, 11) is -3.88. The Hall–Kier alpha value is -0.736. The zero-order valence-corrected chi connectivity index (χ0v) is 27.4. The van der Waals surface area contributed by atoms with Gasteiger partial charge in [0.2, 0.25) is 0 Å². The van der Waals surface area contributed by atoms with E-state index in [2.05, 4.69) is 92.9 Å². The number of aliphatic hydroxyl groups is 1. The number of rotatable bonds is 7. The second-order valence-corrected chi connectivity index (χ2v) is 24.4. The van der Waals surface area contributed by atoms with Crippen molar-refractivity contribution in [3.8, 4) is 0 Å². The van der Waals surface area contributed by atoms with E-state index in [1.165, 1.54) is 5.57 Å². The SMILES string of the molecule is C[C@H]1C=CC2=C[C@@H](O[Si](C)(C)C(C)(C)C)C[C@H](O)[C@@H]2[C@H]1CC[C@@H]1C[C@@H](O[Si](C)(C)C(C)(C)C)CC(=O)O1. The Bertz CT molecular complexity index is 879. The van der Waals surface area contributed by atoms with Gasteiger partial charge in [0.15, 0.2) is 16.6 Å². The fourth-order valence-corrected chi connectivity index (χ4v) is 8.24. The van der Waals surface area contributed by atoms with Gasteiger partial charge in [0.25, 0.3) is 0 Å². The van der Waals surface area contributed by atoms with Gasteiger partial charge >= 0.3 is 5.97 Å². The molecule has 0 bridgehead atoms. The third-order valence-electron chi connectivity index (χ3n) is 9.94. The molecule has 0 aromatic heterocycles. The van der Waals surface area contributed by atoms with Gasteiger partial charge in [-0.25, -0.2) is 0 Å². The molecule has 0 unspecified atom stereocenters. The zero-order valence-electron chi connectivity index (χ0n) is 25.4. The average molecular weight is 551 g/mol. The van der Waals surface area contributed by atoms with Crippen molar-refractivity contribution in [2.45, 2.75) is 141 Å². The van der Waals surface area contributed by atoms with Crippen LogP contribution in [0.3, 0.4) is 0 Å². The number of carbonyl (C=O) groups is 1. The fourth-order valence-electron chi connectivity index (χ4n) is 5.60. The smallest absolute Gasteiger partial charge is 0.308 e. The van der Waals surface area contributed by atoms with Crippen LogP contribution in [-0.4, -0.2) is 52.1 Å². The monoisotopic (exact) mass is 550 g/mol. The molecule has 0 saturated carbocycles. The molecule has 0 aromatic rings. The van der Waals surface area contributed by atoms with E-state index in [0.29, 0.717) is 24.7 Å². The molecule has 0 radical (unpaired) electrons. The molecule has 1 N–H and O–H groups in total. The molecule has 3 rings (SSSR count). The van der Waals surface area contributed by atoms with Crippen LogP contribution in [0.4, 0.5) is 0 Å². The molecule has 3 aliphatic rings. The lowest BCUT2D eigenvalue weighted by molar-refractivity contribution is -0.160. The highest BCUT2D eigenvalue weighted by Gasteiger charge is 2.45. The molecule has 2 aliphatic carbocycles. The van der Waals surface area contributed by atoms with Gasteiger partial charge < -0.3 is 18.7 Å². The first-order valence-corrected chi connectivity index (χ1v) is 20.3. The van der Waals surface area contributed by atoms with Gasteiger partial charge in [-0.1, -0.05) is 66.7 Å². The van der Waals surface area contributed by atoms with Crippen molar-refractivity contribution in [1.82, 2.24) is 0 Å². The third kappa shape index (κ3) is 7.27. The number of hydrogen-bond acceptors (Lipinski definition) is 5. The van der Waals surface area contributed by atoms with Crippen molar-refractivity contribution in [2.75, 3.05) is 0 Å². The Kier molecular flexibility index (Phi) is 9.18. The van der Waals surface area contributed by atoms with Gasteiger partial charge in [0.05, 0.1) is 24.7 Å². The summed E-state index contributed by atoms with van der Waals surface area (Å²) in [6.45, 7) is 24.8. The Labute approximate surface area is 228 Å². The van der Waals surface area contributed by atoms with E-state index in [1.54, 1.807) is 0 Å². The molecule has 1 saturated heterocycles. The Morgan fingerprint density at radius 2 is 1.57 bits per heavy atom. The van der Waals surface area contributed by atoms with E-state index in [1.807, 2.05) is 0 Å². The lowest BCUT2D eigenvalue weighted by atomic mass is 9.66. The minimum Gasteiger partial charge on any atom is -0.462 e. The molecule has 0 aromatic carbocycles. The maximum absolute atomic E-state index is 12.5. The lowest BCUT2D eigenvalue weighted by Gasteiger charge is -2.45. The Morgan fingerprint density at radius 1 is 0.973 bits per heavy atom. The number of carbonyl (C=O) groups excluding carboxylic acids is 1. The van der Waals surface area contributed by atoms with Crippen molar-refractivity contribution in [2.24, 2.45) is 17.8 Å². The standard InChI is InChI=1S/C30H54O5Si2/c1-20-12-13-21-16-23(34-36(8,9)29(2,3)4)18-26(31)28(21)25(20)15-14-22-17-24(19-27(32)33-22)35-37(10,11)30(5,6)7/h12-13,16,20,22-26,28,31H,14-15,17-19H2,1-11H3/t20-,22+,23+,24+,25-,26-,28-/m0/s1. The highest BCUT2D eigenvalue weighted by atomic mass is 28.4. The summed E-state index contributed by atoms with van der Waals surface area (Å²) in [6, 6.07) is 0. The summed E-state index contributed by atoms with van der Waals surface area (Å²) < 4.78 is 19.1. The largest absolute Gasteiger partial charge is 0.462 e. The number of hydrogen-bond donors (Lipinski definition) is 1. The predicted octanol–water partition coefficient (Wildman–Crippen LogP) is 7.38. The van der Waals surface area contributed by atoms with Crippen molar-refractivity contribution in [3.63, 3.8) is 0 Å². The van der Waals surface area contributed by atoms with Crippen LogP contribution in [0.25, 0.3) is 0 Å². The van der Waals surface area contributed by atoms with Crippen molar-refractivity contribution in [3.05, 3.63) is 23.8 Å². The molecular weight excluding hydrogens is 496 g/mol. The van der Waals surface area contributed by atoms with Crippen LogP contribution < -0.4 is 0 Å². The first kappa shape index (κ1) is 30.8. The zero-order chi connectivity index (χ0) is 28.0.